The van der Waals surface area contributed by atoms with Crippen molar-refractivity contribution in [3.8, 4) is 5.75 Å². The number of hydrogen-bond donors (Lipinski definition) is 1. The highest BCUT2D eigenvalue weighted by molar-refractivity contribution is 6.04. The molecule has 0 aromatic heterocycles. The Labute approximate surface area is 159 Å². The van der Waals surface area contributed by atoms with Gasteiger partial charge >= 0.3 is 0 Å². The zero-order valence-corrected chi connectivity index (χ0v) is 15.8. The fraction of sp³-hybridized carbons (Fsp3) is 0.333. The van der Waals surface area contributed by atoms with Gasteiger partial charge in [-0.2, -0.15) is 0 Å². The molecule has 1 heterocycles. The summed E-state index contributed by atoms with van der Waals surface area (Å²) in [5.74, 6) is 0.728. The van der Waals surface area contributed by atoms with Gasteiger partial charge in [0, 0.05) is 50.0 Å². The monoisotopic (exact) mass is 367 g/mol. The quantitative estimate of drug-likeness (QED) is 0.882. The number of piperazine rings is 1. The first-order valence-corrected chi connectivity index (χ1v) is 9.21. The normalized spacial score (nSPS) is 14.0. The third-order valence-corrected chi connectivity index (χ3v) is 4.64. The van der Waals surface area contributed by atoms with Crippen LogP contribution in [-0.4, -0.2) is 49.5 Å². The van der Waals surface area contributed by atoms with Crippen LogP contribution in [0.1, 0.15) is 24.2 Å². The molecule has 1 aliphatic rings. The van der Waals surface area contributed by atoms with Crippen LogP contribution in [0.25, 0.3) is 0 Å². The summed E-state index contributed by atoms with van der Waals surface area (Å²) in [5, 5.41) is 2.91. The third kappa shape index (κ3) is 4.78. The predicted molar refractivity (Wildman–Crippen MR) is 106 cm³/mol. The zero-order chi connectivity index (χ0) is 19.2. The zero-order valence-electron chi connectivity index (χ0n) is 15.8. The molecule has 0 radical (unpaired) electrons. The molecule has 3 rings (SSSR count). The minimum atomic E-state index is -0.152. The van der Waals surface area contributed by atoms with Crippen molar-refractivity contribution >= 4 is 23.2 Å². The molecule has 1 N–H and O–H groups in total. The molecule has 2 aromatic rings. The van der Waals surface area contributed by atoms with Gasteiger partial charge in [-0.1, -0.05) is 0 Å². The van der Waals surface area contributed by atoms with E-state index in [1.807, 2.05) is 36.1 Å². The number of hydrogen-bond acceptors (Lipinski definition) is 4. The van der Waals surface area contributed by atoms with Gasteiger partial charge in [0.25, 0.3) is 5.91 Å². The topological polar surface area (TPSA) is 61.9 Å². The lowest BCUT2D eigenvalue weighted by atomic mass is 10.2. The molecule has 2 aromatic carbocycles. The SMILES string of the molecule is CCOc1ccc(C(=O)Nc2ccc(N3CCN(C(C)=O)CC3)cc2)cc1. The van der Waals surface area contributed by atoms with E-state index < -0.39 is 0 Å². The maximum atomic E-state index is 12.4. The van der Waals surface area contributed by atoms with Crippen molar-refractivity contribution in [3.63, 3.8) is 0 Å². The molecule has 0 aliphatic carbocycles. The van der Waals surface area contributed by atoms with E-state index in [1.54, 1.807) is 31.2 Å². The van der Waals surface area contributed by atoms with Crippen molar-refractivity contribution in [2.75, 3.05) is 43.0 Å². The van der Waals surface area contributed by atoms with E-state index in [1.165, 1.54) is 0 Å². The van der Waals surface area contributed by atoms with Crippen LogP contribution in [0.5, 0.6) is 5.75 Å². The van der Waals surface area contributed by atoms with Crippen molar-refractivity contribution in [3.05, 3.63) is 54.1 Å². The number of benzene rings is 2. The maximum Gasteiger partial charge on any atom is 0.255 e. The average Bonchev–Trinajstić information content (AvgIpc) is 2.69. The van der Waals surface area contributed by atoms with E-state index in [0.717, 1.165) is 43.3 Å². The Bertz CT molecular complexity index is 779. The van der Waals surface area contributed by atoms with Crippen LogP contribution in [-0.2, 0) is 4.79 Å². The molecule has 0 spiro atoms. The summed E-state index contributed by atoms with van der Waals surface area (Å²) >= 11 is 0. The molecule has 142 valence electrons. The van der Waals surface area contributed by atoms with Crippen LogP contribution >= 0.6 is 0 Å². The van der Waals surface area contributed by atoms with Gasteiger partial charge in [0.2, 0.25) is 5.91 Å². The highest BCUT2D eigenvalue weighted by Gasteiger charge is 2.18. The number of rotatable bonds is 5. The van der Waals surface area contributed by atoms with E-state index in [-0.39, 0.29) is 11.8 Å². The van der Waals surface area contributed by atoms with Crippen molar-refractivity contribution in [2.24, 2.45) is 0 Å². The number of carbonyl (C=O) groups excluding carboxylic acids is 2. The van der Waals surface area contributed by atoms with E-state index in [4.69, 9.17) is 4.74 Å². The lowest BCUT2D eigenvalue weighted by molar-refractivity contribution is -0.129. The molecule has 6 heteroatoms. The molecule has 6 nitrogen and oxygen atoms in total. The molecular formula is C21H25N3O3. The highest BCUT2D eigenvalue weighted by Crippen LogP contribution is 2.20. The largest absolute Gasteiger partial charge is 0.494 e. The average molecular weight is 367 g/mol. The van der Waals surface area contributed by atoms with Crippen molar-refractivity contribution in [1.82, 2.24) is 4.90 Å². The van der Waals surface area contributed by atoms with Crippen molar-refractivity contribution in [2.45, 2.75) is 13.8 Å². The van der Waals surface area contributed by atoms with Crippen LogP contribution < -0.4 is 15.0 Å². The number of nitrogens with zero attached hydrogens (tertiary/aromatic N) is 2. The Morgan fingerprint density at radius 1 is 0.963 bits per heavy atom. The Balaban J connectivity index is 1.57. The van der Waals surface area contributed by atoms with Gasteiger partial charge < -0.3 is 19.9 Å². The third-order valence-electron chi connectivity index (χ3n) is 4.64. The van der Waals surface area contributed by atoms with Crippen LogP contribution in [0.3, 0.4) is 0 Å². The highest BCUT2D eigenvalue weighted by atomic mass is 16.5. The summed E-state index contributed by atoms with van der Waals surface area (Å²) in [7, 11) is 0. The molecule has 1 saturated heterocycles. The Morgan fingerprint density at radius 3 is 2.15 bits per heavy atom. The van der Waals surface area contributed by atoms with E-state index >= 15 is 0 Å². The molecule has 1 fully saturated rings. The Morgan fingerprint density at radius 2 is 1.59 bits per heavy atom. The molecule has 1 aliphatic heterocycles. The summed E-state index contributed by atoms with van der Waals surface area (Å²) in [6.45, 7) is 7.25. The first kappa shape index (κ1) is 18.8. The van der Waals surface area contributed by atoms with Crippen molar-refractivity contribution < 1.29 is 14.3 Å². The Kier molecular flexibility index (Phi) is 5.96. The lowest BCUT2D eigenvalue weighted by Crippen LogP contribution is -2.48. The lowest BCUT2D eigenvalue weighted by Gasteiger charge is -2.35. The number of carbonyl (C=O) groups is 2. The summed E-state index contributed by atoms with van der Waals surface area (Å²) in [6.07, 6.45) is 0. The summed E-state index contributed by atoms with van der Waals surface area (Å²) in [4.78, 5) is 27.9. The van der Waals surface area contributed by atoms with Gasteiger partial charge in [-0.3, -0.25) is 9.59 Å². The first-order valence-electron chi connectivity index (χ1n) is 9.21. The van der Waals surface area contributed by atoms with E-state index in [0.29, 0.717) is 12.2 Å². The second-order valence-electron chi connectivity index (χ2n) is 6.45. The molecule has 0 saturated carbocycles. The van der Waals surface area contributed by atoms with Crippen LogP contribution in [0, 0.1) is 0 Å². The molecule has 0 bridgehead atoms. The van der Waals surface area contributed by atoms with Crippen molar-refractivity contribution in [1.29, 1.82) is 0 Å². The minimum Gasteiger partial charge on any atom is -0.494 e. The predicted octanol–water partition coefficient (Wildman–Crippen LogP) is 3.01. The van der Waals surface area contributed by atoms with E-state index in [2.05, 4.69) is 10.2 Å². The van der Waals surface area contributed by atoms with Crippen LogP contribution in [0.4, 0.5) is 11.4 Å². The molecule has 0 unspecified atom stereocenters. The standard InChI is InChI=1S/C21H25N3O3/c1-3-27-20-10-4-17(5-11-20)21(26)22-18-6-8-19(9-7-18)24-14-12-23(13-15-24)16(2)25/h4-11H,3,12-15H2,1-2H3,(H,22,26). The number of anilines is 2. The van der Waals surface area contributed by atoms with Gasteiger partial charge in [-0.25, -0.2) is 0 Å². The molecule has 27 heavy (non-hydrogen) atoms. The van der Waals surface area contributed by atoms with Gasteiger partial charge in [0.15, 0.2) is 0 Å². The van der Waals surface area contributed by atoms with Crippen LogP contribution in [0.15, 0.2) is 48.5 Å². The van der Waals surface area contributed by atoms with Gasteiger partial charge in [0.05, 0.1) is 6.61 Å². The molecular weight excluding hydrogens is 342 g/mol. The number of ether oxygens (including phenoxy) is 1. The first-order chi connectivity index (χ1) is 13.1. The maximum absolute atomic E-state index is 12.4. The number of amides is 2. The van der Waals surface area contributed by atoms with Gasteiger partial charge in [0.1, 0.15) is 5.75 Å². The number of nitrogens with one attached hydrogen (secondary N) is 1. The summed E-state index contributed by atoms with van der Waals surface area (Å²) in [5.41, 5.74) is 2.43. The van der Waals surface area contributed by atoms with Crippen LogP contribution in [0.2, 0.25) is 0 Å². The van der Waals surface area contributed by atoms with E-state index in [9.17, 15) is 9.59 Å². The minimum absolute atomic E-state index is 0.127. The van der Waals surface area contributed by atoms with Gasteiger partial charge in [-0.05, 0) is 55.5 Å². The second kappa shape index (κ2) is 8.58. The second-order valence-corrected chi connectivity index (χ2v) is 6.45. The smallest absolute Gasteiger partial charge is 0.255 e. The molecule has 2 amide bonds. The summed E-state index contributed by atoms with van der Waals surface area (Å²) in [6, 6.07) is 14.9. The molecule has 0 atom stereocenters. The fourth-order valence-electron chi connectivity index (χ4n) is 3.11. The summed E-state index contributed by atoms with van der Waals surface area (Å²) < 4.78 is 5.39. The Hall–Kier alpha value is -3.02. The van der Waals surface area contributed by atoms with Gasteiger partial charge in [-0.15, -0.1) is 0 Å². The fourth-order valence-corrected chi connectivity index (χ4v) is 3.11.